The molecule has 2 rings (SSSR count). The van der Waals surface area contributed by atoms with E-state index >= 15 is 0 Å². The maximum absolute atomic E-state index is 13.4. The van der Waals surface area contributed by atoms with Crippen LogP contribution >= 0.6 is 0 Å². The molecule has 0 radical (unpaired) electrons. The van der Waals surface area contributed by atoms with Gasteiger partial charge in [0.05, 0.1) is 32.0 Å². The van der Waals surface area contributed by atoms with Crippen molar-refractivity contribution in [3.63, 3.8) is 0 Å². The standard InChI is InChI=1S/C80H149NO13/c1-3-5-7-9-11-13-15-17-19-21-23-25-27-29-31-32-33-34-35-36-38-40-42-44-46-48-50-52-54-56-58-60-62-64-72(85)81-68(67-91-79-77(90)75(88)78(71(66-83)93-79)94-80-76(89)74(87)73(86)70(65-82)92-80)69(84)63-61-59-57-55-53-51-49-47-45-43-41-39-37-30-28-26-24-22-20-18-16-14-12-10-8-6-4-2/h21,23,45,47,53,55,61,63,68-71,73-80,82-84,86-90H,3-20,22,24-44,46,48-52,54,56-60,62,64-67H2,1-2H3,(H,81,85)/b23-21-,47-45+,55-53+,63-61+. The predicted molar refractivity (Wildman–Crippen MR) is 388 cm³/mol. The maximum Gasteiger partial charge on any atom is 0.220 e. The summed E-state index contributed by atoms with van der Waals surface area (Å²) in [4.78, 5) is 13.4. The second-order valence-corrected chi connectivity index (χ2v) is 28.2. The van der Waals surface area contributed by atoms with Crippen LogP contribution in [0.3, 0.4) is 0 Å². The largest absolute Gasteiger partial charge is 0.394 e. The Bertz CT molecular complexity index is 1760. The van der Waals surface area contributed by atoms with Crippen LogP contribution in [0.15, 0.2) is 48.6 Å². The molecule has 0 saturated carbocycles. The SMILES string of the molecule is CCCCCCCCCC/C=C\CCCCCCCCCCCCCCCCCCCCCCCC(=O)NC(COC1OC(CO)C(OC2OC(CO)C(O)C(O)C2O)C(O)C1O)C(O)/C=C/CC/C=C/CC/C=C/CCCCCCCCCCCCCCCCCCC. The van der Waals surface area contributed by atoms with Crippen molar-refractivity contribution in [3.05, 3.63) is 48.6 Å². The quantitative estimate of drug-likeness (QED) is 0.0204. The molecule has 2 aliphatic heterocycles. The van der Waals surface area contributed by atoms with E-state index in [2.05, 4.69) is 55.6 Å². The highest BCUT2D eigenvalue weighted by Crippen LogP contribution is 2.30. The van der Waals surface area contributed by atoms with E-state index in [1.54, 1.807) is 6.08 Å². The molecule has 552 valence electrons. The first-order valence-corrected chi connectivity index (χ1v) is 39.9. The first-order valence-electron chi connectivity index (χ1n) is 39.9. The number of rotatable bonds is 67. The number of hydrogen-bond donors (Lipinski definition) is 9. The number of allylic oxidation sites excluding steroid dienone is 7. The zero-order valence-electron chi connectivity index (χ0n) is 60.5. The van der Waals surface area contributed by atoms with Gasteiger partial charge in [0.15, 0.2) is 12.6 Å². The summed E-state index contributed by atoms with van der Waals surface area (Å²) in [5.74, 6) is -0.247. The van der Waals surface area contributed by atoms with E-state index in [4.69, 9.17) is 18.9 Å². The highest BCUT2D eigenvalue weighted by Gasteiger charge is 2.51. The lowest BCUT2D eigenvalue weighted by molar-refractivity contribution is -0.359. The molecule has 12 unspecified atom stereocenters. The van der Waals surface area contributed by atoms with Crippen molar-refractivity contribution in [2.24, 2.45) is 0 Å². The number of carbonyl (C=O) groups excluding carboxylic acids is 1. The minimum absolute atomic E-state index is 0.247. The Balaban J connectivity index is 1.63. The van der Waals surface area contributed by atoms with Gasteiger partial charge in [-0.15, -0.1) is 0 Å². The maximum atomic E-state index is 13.4. The molecule has 0 aromatic carbocycles. The summed E-state index contributed by atoms with van der Waals surface area (Å²) in [5, 5.41) is 87.6. The van der Waals surface area contributed by atoms with Gasteiger partial charge in [-0.05, 0) is 70.6 Å². The van der Waals surface area contributed by atoms with Gasteiger partial charge in [-0.3, -0.25) is 4.79 Å². The Morgan fingerprint density at radius 1 is 0.372 bits per heavy atom. The van der Waals surface area contributed by atoms with Crippen molar-refractivity contribution in [2.75, 3.05) is 19.8 Å². The number of amides is 1. The molecule has 0 aliphatic carbocycles. The number of aliphatic hydroxyl groups is 8. The molecule has 12 atom stereocenters. The monoisotopic (exact) mass is 1330 g/mol. The molecule has 0 aromatic heterocycles. The van der Waals surface area contributed by atoms with Gasteiger partial charge < -0.3 is 65.1 Å². The third kappa shape index (κ3) is 47.1. The highest BCUT2D eigenvalue weighted by atomic mass is 16.7. The first kappa shape index (κ1) is 88.0. The van der Waals surface area contributed by atoms with Crippen molar-refractivity contribution in [1.82, 2.24) is 5.32 Å². The van der Waals surface area contributed by atoms with Crippen LogP contribution in [0.2, 0.25) is 0 Å². The molecule has 2 saturated heterocycles. The highest BCUT2D eigenvalue weighted by molar-refractivity contribution is 5.76. The Labute approximate surface area is 575 Å². The van der Waals surface area contributed by atoms with Crippen LogP contribution in [0.4, 0.5) is 0 Å². The zero-order valence-corrected chi connectivity index (χ0v) is 60.5. The van der Waals surface area contributed by atoms with E-state index in [0.717, 1.165) is 44.9 Å². The van der Waals surface area contributed by atoms with Crippen LogP contribution in [0, 0.1) is 0 Å². The van der Waals surface area contributed by atoms with Gasteiger partial charge in [0, 0.05) is 6.42 Å². The molecule has 14 heteroatoms. The fraction of sp³-hybridized carbons (Fsp3) is 0.887. The Hall–Kier alpha value is -2.05. The van der Waals surface area contributed by atoms with Crippen LogP contribution < -0.4 is 5.32 Å². The molecule has 14 nitrogen and oxygen atoms in total. The molecular weight excluding hydrogens is 1180 g/mol. The van der Waals surface area contributed by atoms with E-state index in [9.17, 15) is 45.6 Å². The second kappa shape index (κ2) is 64.3. The van der Waals surface area contributed by atoms with Crippen molar-refractivity contribution >= 4 is 5.91 Å². The molecule has 0 aromatic rings. The van der Waals surface area contributed by atoms with E-state index in [1.807, 2.05) is 6.08 Å². The lowest BCUT2D eigenvalue weighted by Crippen LogP contribution is -2.65. The molecule has 1 amide bonds. The predicted octanol–water partition coefficient (Wildman–Crippen LogP) is 17.8. The third-order valence-electron chi connectivity index (χ3n) is 19.5. The number of nitrogens with one attached hydrogen (secondary N) is 1. The Morgan fingerprint density at radius 2 is 0.681 bits per heavy atom. The minimum atomic E-state index is -1.79. The van der Waals surface area contributed by atoms with Gasteiger partial charge in [0.25, 0.3) is 0 Å². The smallest absolute Gasteiger partial charge is 0.220 e. The van der Waals surface area contributed by atoms with Crippen LogP contribution in [-0.4, -0.2) is 140 Å². The van der Waals surface area contributed by atoms with Crippen molar-refractivity contribution in [2.45, 2.75) is 434 Å². The van der Waals surface area contributed by atoms with Gasteiger partial charge in [0.2, 0.25) is 5.91 Å². The summed E-state index contributed by atoms with van der Waals surface area (Å²) in [5.41, 5.74) is 0. The molecule has 9 N–H and O–H groups in total. The van der Waals surface area contributed by atoms with Gasteiger partial charge in [-0.2, -0.15) is 0 Å². The number of carbonyl (C=O) groups is 1. The molecule has 2 fully saturated rings. The van der Waals surface area contributed by atoms with Crippen LogP contribution in [0.1, 0.15) is 361 Å². The van der Waals surface area contributed by atoms with Crippen LogP contribution in [0.5, 0.6) is 0 Å². The lowest BCUT2D eigenvalue weighted by atomic mass is 9.97. The topological polar surface area (TPSA) is 228 Å². The Kier molecular flexibility index (Phi) is 60.3. The van der Waals surface area contributed by atoms with Crippen molar-refractivity contribution in [3.8, 4) is 0 Å². The van der Waals surface area contributed by atoms with Gasteiger partial charge in [-0.25, -0.2) is 0 Å². The average molecular weight is 1330 g/mol. The van der Waals surface area contributed by atoms with E-state index < -0.39 is 86.8 Å². The number of hydrogen-bond acceptors (Lipinski definition) is 13. The zero-order chi connectivity index (χ0) is 68.0. The summed E-state index contributed by atoms with van der Waals surface area (Å²) in [7, 11) is 0. The summed E-state index contributed by atoms with van der Waals surface area (Å²) in [6, 6.07) is -0.939. The minimum Gasteiger partial charge on any atom is -0.394 e. The average Bonchev–Trinajstić information content (AvgIpc) is 0.794. The van der Waals surface area contributed by atoms with Gasteiger partial charge >= 0.3 is 0 Å². The lowest BCUT2D eigenvalue weighted by Gasteiger charge is -2.46. The summed E-state index contributed by atoms with van der Waals surface area (Å²) >= 11 is 0. The molecule has 2 heterocycles. The molecule has 94 heavy (non-hydrogen) atoms. The fourth-order valence-electron chi connectivity index (χ4n) is 13.1. The molecule has 0 bridgehead atoms. The van der Waals surface area contributed by atoms with Crippen LogP contribution in [0.25, 0.3) is 0 Å². The molecule has 2 aliphatic rings. The molecular formula is C80H149NO13. The van der Waals surface area contributed by atoms with Crippen LogP contribution in [-0.2, 0) is 23.7 Å². The normalized spacial score (nSPS) is 22.7. The van der Waals surface area contributed by atoms with E-state index in [0.29, 0.717) is 12.8 Å². The number of unbranched alkanes of at least 4 members (excludes halogenated alkanes) is 48. The number of aliphatic hydroxyl groups excluding tert-OH is 8. The van der Waals surface area contributed by atoms with Gasteiger partial charge in [0.1, 0.15) is 48.8 Å². The number of ether oxygens (including phenoxy) is 4. The fourth-order valence-corrected chi connectivity index (χ4v) is 13.1. The first-order chi connectivity index (χ1) is 46.1. The summed E-state index contributed by atoms with van der Waals surface area (Å²) < 4.78 is 22.9. The van der Waals surface area contributed by atoms with Gasteiger partial charge in [-0.1, -0.05) is 332 Å². The van der Waals surface area contributed by atoms with E-state index in [1.165, 1.54) is 283 Å². The van der Waals surface area contributed by atoms with E-state index in [-0.39, 0.29) is 18.9 Å². The molecule has 0 spiro atoms. The second-order valence-electron chi connectivity index (χ2n) is 28.2. The van der Waals surface area contributed by atoms with Crippen molar-refractivity contribution < 1.29 is 64.6 Å². The summed E-state index contributed by atoms with van der Waals surface area (Å²) in [6.07, 6.45) is 69.2. The van der Waals surface area contributed by atoms with Crippen molar-refractivity contribution in [1.29, 1.82) is 0 Å². The summed E-state index contributed by atoms with van der Waals surface area (Å²) in [6.45, 7) is 2.83. The Morgan fingerprint density at radius 3 is 1.04 bits per heavy atom. The third-order valence-corrected chi connectivity index (χ3v) is 19.5.